The number of halogens is 1. The summed E-state index contributed by atoms with van der Waals surface area (Å²) < 4.78 is 5.42. The summed E-state index contributed by atoms with van der Waals surface area (Å²) in [6, 6.07) is 3.67. The van der Waals surface area contributed by atoms with Crippen LogP contribution in [0.2, 0.25) is 5.22 Å². The highest BCUT2D eigenvalue weighted by Crippen LogP contribution is 2.34. The van der Waals surface area contributed by atoms with Gasteiger partial charge in [-0.15, -0.1) is 5.06 Å². The van der Waals surface area contributed by atoms with E-state index >= 15 is 0 Å². The van der Waals surface area contributed by atoms with E-state index in [0.29, 0.717) is 17.0 Å². The highest BCUT2D eigenvalue weighted by atomic mass is 35.5. The van der Waals surface area contributed by atoms with Gasteiger partial charge in [0.2, 0.25) is 5.88 Å². The lowest BCUT2D eigenvalue weighted by Gasteiger charge is -2.30. The Balaban J connectivity index is 2.24. The van der Waals surface area contributed by atoms with E-state index in [4.69, 9.17) is 26.6 Å². The first-order valence-corrected chi connectivity index (χ1v) is 6.05. The van der Waals surface area contributed by atoms with Gasteiger partial charge in [-0.3, -0.25) is 0 Å². The lowest BCUT2D eigenvalue weighted by molar-refractivity contribution is -0.160. The van der Waals surface area contributed by atoms with Crippen molar-refractivity contribution in [2.75, 3.05) is 0 Å². The van der Waals surface area contributed by atoms with Crippen molar-refractivity contribution in [3.8, 4) is 0 Å². The molecule has 1 aromatic rings. The van der Waals surface area contributed by atoms with Crippen LogP contribution in [-0.4, -0.2) is 11.1 Å². The van der Waals surface area contributed by atoms with Crippen LogP contribution in [0.1, 0.15) is 32.6 Å². The molecular weight excluding hydrogens is 240 g/mol. The molecule has 0 spiro atoms. The molecule has 2 N–H and O–H groups in total. The number of hydrogen-bond acceptors (Lipinski definition) is 4. The molecule has 17 heavy (non-hydrogen) atoms. The molecule has 2 atom stereocenters. The van der Waals surface area contributed by atoms with E-state index in [2.05, 4.69) is 20.8 Å². The van der Waals surface area contributed by atoms with Gasteiger partial charge in [0.1, 0.15) is 11.8 Å². The Morgan fingerprint density at radius 2 is 2.06 bits per heavy atom. The lowest BCUT2D eigenvalue weighted by atomic mass is 10.0. The van der Waals surface area contributed by atoms with E-state index in [1.165, 1.54) is 0 Å². The lowest BCUT2D eigenvalue weighted by Crippen LogP contribution is -2.36. The van der Waals surface area contributed by atoms with E-state index in [9.17, 15) is 0 Å². The fourth-order valence-electron chi connectivity index (χ4n) is 1.76. The molecule has 0 aromatic carbocycles. The average Bonchev–Trinajstić information content (AvgIpc) is 2.83. The van der Waals surface area contributed by atoms with Crippen LogP contribution in [0.5, 0.6) is 0 Å². The summed E-state index contributed by atoms with van der Waals surface area (Å²) in [6.07, 6.45) is 1.83. The monoisotopic (exact) mass is 256 g/mol. The Hall–Kier alpha value is -1.13. The first-order chi connectivity index (χ1) is 7.99. The Labute approximate surface area is 106 Å². The number of hydroxylamine groups is 2. The summed E-state index contributed by atoms with van der Waals surface area (Å²) in [5, 5.41) is 2.21. The molecule has 2 unspecified atom stereocenters. The SMILES string of the molecule is CC(C)C(C)N1OC(N)=CC1c1ccc(Cl)o1. The summed E-state index contributed by atoms with van der Waals surface area (Å²) in [5.41, 5.74) is 5.72. The zero-order chi connectivity index (χ0) is 12.6. The smallest absolute Gasteiger partial charge is 0.207 e. The maximum absolute atomic E-state index is 5.79. The van der Waals surface area contributed by atoms with Crippen molar-refractivity contribution < 1.29 is 9.25 Å². The highest BCUT2D eigenvalue weighted by Gasteiger charge is 2.34. The predicted molar refractivity (Wildman–Crippen MR) is 66.0 cm³/mol. The van der Waals surface area contributed by atoms with Crippen molar-refractivity contribution in [3.05, 3.63) is 35.1 Å². The normalized spacial score (nSPS) is 22.6. The first kappa shape index (κ1) is 12.3. The maximum atomic E-state index is 5.79. The molecule has 1 aromatic heterocycles. The standard InChI is InChI=1S/C12H17ClN2O2/c1-7(2)8(3)15-9(6-12(14)17-15)10-4-5-11(13)16-10/h4-9H,14H2,1-3H3. The van der Waals surface area contributed by atoms with Gasteiger partial charge in [-0.2, -0.15) is 0 Å². The second-order valence-electron chi connectivity index (χ2n) is 4.59. The Bertz CT molecular complexity index is 428. The van der Waals surface area contributed by atoms with Gasteiger partial charge in [0.15, 0.2) is 5.22 Å². The molecule has 0 radical (unpaired) electrons. The van der Waals surface area contributed by atoms with Gasteiger partial charge in [-0.1, -0.05) is 13.8 Å². The molecule has 0 saturated heterocycles. The van der Waals surface area contributed by atoms with Crippen LogP contribution >= 0.6 is 11.6 Å². The number of furan rings is 1. The number of hydrogen-bond donors (Lipinski definition) is 1. The summed E-state index contributed by atoms with van der Waals surface area (Å²) >= 11 is 5.79. The Morgan fingerprint density at radius 3 is 2.59 bits per heavy atom. The Morgan fingerprint density at radius 1 is 1.35 bits per heavy atom. The molecule has 0 fully saturated rings. The van der Waals surface area contributed by atoms with Gasteiger partial charge in [0.25, 0.3) is 0 Å². The Kier molecular flexibility index (Phi) is 3.35. The molecule has 0 amide bonds. The van der Waals surface area contributed by atoms with Crippen molar-refractivity contribution in [3.63, 3.8) is 0 Å². The van der Waals surface area contributed by atoms with E-state index < -0.39 is 0 Å². The molecule has 0 saturated carbocycles. The van der Waals surface area contributed by atoms with Gasteiger partial charge >= 0.3 is 0 Å². The number of nitrogens with two attached hydrogens (primary N) is 1. The zero-order valence-corrected chi connectivity index (χ0v) is 10.9. The van der Waals surface area contributed by atoms with Crippen molar-refractivity contribution in [2.45, 2.75) is 32.9 Å². The minimum Gasteiger partial charge on any atom is -0.448 e. The minimum absolute atomic E-state index is 0.111. The highest BCUT2D eigenvalue weighted by molar-refractivity contribution is 6.28. The van der Waals surface area contributed by atoms with Gasteiger partial charge in [0, 0.05) is 12.1 Å². The fraction of sp³-hybridized carbons (Fsp3) is 0.500. The van der Waals surface area contributed by atoms with Crippen molar-refractivity contribution in [1.82, 2.24) is 5.06 Å². The van der Waals surface area contributed by atoms with Crippen LogP contribution in [0, 0.1) is 5.92 Å². The van der Waals surface area contributed by atoms with Gasteiger partial charge in [0.05, 0.1) is 0 Å². The predicted octanol–water partition coefficient (Wildman–Crippen LogP) is 3.07. The third kappa shape index (κ3) is 2.42. The molecule has 0 aliphatic carbocycles. The third-order valence-corrected chi connectivity index (χ3v) is 3.26. The van der Waals surface area contributed by atoms with Gasteiger partial charge < -0.3 is 15.0 Å². The zero-order valence-electron chi connectivity index (χ0n) is 10.2. The number of rotatable bonds is 3. The van der Waals surface area contributed by atoms with Crippen molar-refractivity contribution >= 4 is 11.6 Å². The molecule has 94 valence electrons. The van der Waals surface area contributed by atoms with Crippen LogP contribution in [0.25, 0.3) is 0 Å². The summed E-state index contributed by atoms with van der Waals surface area (Å²) in [4.78, 5) is 5.53. The molecule has 1 aliphatic heterocycles. The topological polar surface area (TPSA) is 51.6 Å². The van der Waals surface area contributed by atoms with Gasteiger partial charge in [-0.05, 0) is 36.6 Å². The van der Waals surface area contributed by atoms with E-state index in [1.54, 1.807) is 6.07 Å². The molecule has 2 rings (SSSR count). The molecule has 2 heterocycles. The van der Waals surface area contributed by atoms with Gasteiger partial charge in [-0.25, -0.2) is 0 Å². The third-order valence-electron chi connectivity index (χ3n) is 3.06. The largest absolute Gasteiger partial charge is 0.448 e. The quantitative estimate of drug-likeness (QED) is 0.903. The van der Waals surface area contributed by atoms with Crippen molar-refractivity contribution in [1.29, 1.82) is 0 Å². The average molecular weight is 257 g/mol. The summed E-state index contributed by atoms with van der Waals surface area (Å²) in [5.74, 6) is 1.58. The van der Waals surface area contributed by atoms with E-state index in [0.717, 1.165) is 5.76 Å². The minimum atomic E-state index is -0.111. The fourth-order valence-corrected chi connectivity index (χ4v) is 1.92. The summed E-state index contributed by atoms with van der Waals surface area (Å²) in [6.45, 7) is 6.36. The molecule has 4 nitrogen and oxygen atoms in total. The van der Waals surface area contributed by atoms with Crippen LogP contribution in [0.15, 0.2) is 28.5 Å². The van der Waals surface area contributed by atoms with Crippen LogP contribution < -0.4 is 5.73 Å². The van der Waals surface area contributed by atoms with E-state index in [-0.39, 0.29) is 12.1 Å². The number of nitrogens with zero attached hydrogens (tertiary/aromatic N) is 1. The molecule has 5 heteroatoms. The summed E-state index contributed by atoms with van der Waals surface area (Å²) in [7, 11) is 0. The molecular formula is C12H17ClN2O2. The van der Waals surface area contributed by atoms with Crippen LogP contribution in [-0.2, 0) is 4.84 Å². The van der Waals surface area contributed by atoms with E-state index in [1.807, 2.05) is 17.2 Å². The second-order valence-corrected chi connectivity index (χ2v) is 4.96. The van der Waals surface area contributed by atoms with Crippen molar-refractivity contribution in [2.24, 2.45) is 11.7 Å². The first-order valence-electron chi connectivity index (χ1n) is 5.68. The maximum Gasteiger partial charge on any atom is 0.207 e. The van der Waals surface area contributed by atoms with Crippen LogP contribution in [0.4, 0.5) is 0 Å². The molecule has 1 aliphatic rings. The van der Waals surface area contributed by atoms with Crippen LogP contribution in [0.3, 0.4) is 0 Å². The molecule has 0 bridgehead atoms. The second kappa shape index (κ2) is 4.63.